The van der Waals surface area contributed by atoms with Crippen LogP contribution in [0.4, 0.5) is 11.4 Å². The molecule has 1 aromatic rings. The number of nitro benzene ring substituents is 1. The van der Waals surface area contributed by atoms with Crippen molar-refractivity contribution in [1.82, 2.24) is 4.90 Å². The van der Waals surface area contributed by atoms with E-state index < -0.39 is 4.92 Å². The average Bonchev–Trinajstić information content (AvgIpc) is 2.47. The molecule has 1 N–H and O–H groups in total. The van der Waals surface area contributed by atoms with Crippen molar-refractivity contribution in [2.45, 2.75) is 18.9 Å². The van der Waals surface area contributed by atoms with E-state index in [2.05, 4.69) is 5.32 Å². The smallest absolute Gasteiger partial charge is 0.292 e. The van der Waals surface area contributed by atoms with E-state index in [1.165, 1.54) is 17.0 Å². The summed E-state index contributed by atoms with van der Waals surface area (Å²) in [5, 5.41) is 14.4. The standard InChI is InChI=1S/C14H19N3O3S/c1-16(2)14(18)10-3-4-13(17(19)20)12(9-10)15-11-5-7-21-8-6-11/h3-4,9,11,15H,5-8H2,1-2H3. The zero-order valence-electron chi connectivity index (χ0n) is 12.2. The largest absolute Gasteiger partial charge is 0.377 e. The van der Waals surface area contributed by atoms with Gasteiger partial charge in [-0.3, -0.25) is 14.9 Å². The molecular formula is C14H19N3O3S. The molecule has 1 aliphatic heterocycles. The summed E-state index contributed by atoms with van der Waals surface area (Å²) in [6.07, 6.45) is 1.96. The van der Waals surface area contributed by atoms with E-state index in [9.17, 15) is 14.9 Å². The Kier molecular flexibility index (Phi) is 5.06. The van der Waals surface area contributed by atoms with Crippen LogP contribution >= 0.6 is 11.8 Å². The molecule has 7 heteroatoms. The minimum Gasteiger partial charge on any atom is -0.377 e. The molecule has 1 heterocycles. The zero-order valence-corrected chi connectivity index (χ0v) is 13.0. The number of hydrogen-bond acceptors (Lipinski definition) is 5. The number of nitrogens with zero attached hydrogens (tertiary/aromatic N) is 2. The summed E-state index contributed by atoms with van der Waals surface area (Å²) in [4.78, 5) is 24.2. The van der Waals surface area contributed by atoms with E-state index in [0.717, 1.165) is 24.3 Å². The van der Waals surface area contributed by atoms with E-state index in [1.807, 2.05) is 11.8 Å². The molecule has 2 rings (SSSR count). The third-order valence-electron chi connectivity index (χ3n) is 3.43. The number of benzene rings is 1. The molecule has 0 unspecified atom stereocenters. The summed E-state index contributed by atoms with van der Waals surface area (Å²) < 4.78 is 0. The highest BCUT2D eigenvalue weighted by atomic mass is 32.2. The van der Waals surface area contributed by atoms with Crippen molar-refractivity contribution in [2.24, 2.45) is 0 Å². The van der Waals surface area contributed by atoms with Crippen LogP contribution in [0.2, 0.25) is 0 Å². The first-order chi connectivity index (χ1) is 9.99. The van der Waals surface area contributed by atoms with Crippen LogP contribution in [0.15, 0.2) is 18.2 Å². The fourth-order valence-electron chi connectivity index (χ4n) is 2.26. The molecule has 1 fully saturated rings. The second kappa shape index (κ2) is 6.80. The molecule has 0 spiro atoms. The predicted molar refractivity (Wildman–Crippen MR) is 85.1 cm³/mol. The van der Waals surface area contributed by atoms with Crippen LogP contribution in [0.1, 0.15) is 23.2 Å². The van der Waals surface area contributed by atoms with Crippen molar-refractivity contribution in [3.05, 3.63) is 33.9 Å². The van der Waals surface area contributed by atoms with Gasteiger partial charge in [0.15, 0.2) is 0 Å². The van der Waals surface area contributed by atoms with Crippen LogP contribution in [0.3, 0.4) is 0 Å². The lowest BCUT2D eigenvalue weighted by molar-refractivity contribution is -0.384. The molecule has 0 atom stereocenters. The van der Waals surface area contributed by atoms with Gasteiger partial charge in [-0.2, -0.15) is 11.8 Å². The van der Waals surface area contributed by atoms with Crippen molar-refractivity contribution < 1.29 is 9.72 Å². The monoisotopic (exact) mass is 309 g/mol. The molecule has 0 aliphatic carbocycles. The summed E-state index contributed by atoms with van der Waals surface area (Å²) in [6.45, 7) is 0. The van der Waals surface area contributed by atoms with Gasteiger partial charge in [0.1, 0.15) is 5.69 Å². The number of carbonyl (C=O) groups is 1. The lowest BCUT2D eigenvalue weighted by Gasteiger charge is -2.23. The third-order valence-corrected chi connectivity index (χ3v) is 4.48. The summed E-state index contributed by atoms with van der Waals surface area (Å²) >= 11 is 1.90. The van der Waals surface area contributed by atoms with E-state index in [1.54, 1.807) is 20.2 Å². The second-order valence-electron chi connectivity index (χ2n) is 5.22. The summed E-state index contributed by atoms with van der Waals surface area (Å²) in [5.41, 5.74) is 0.909. The van der Waals surface area contributed by atoms with E-state index >= 15 is 0 Å². The van der Waals surface area contributed by atoms with Crippen molar-refractivity contribution in [2.75, 3.05) is 30.9 Å². The van der Waals surface area contributed by atoms with Gasteiger partial charge >= 0.3 is 0 Å². The molecule has 0 radical (unpaired) electrons. The number of anilines is 1. The Labute approximate surface area is 128 Å². The number of carbonyl (C=O) groups excluding carboxylic acids is 1. The summed E-state index contributed by atoms with van der Waals surface area (Å²) in [7, 11) is 3.32. The molecule has 21 heavy (non-hydrogen) atoms. The number of nitrogens with one attached hydrogen (secondary N) is 1. The number of hydrogen-bond donors (Lipinski definition) is 1. The number of nitro groups is 1. The van der Waals surface area contributed by atoms with Gasteiger partial charge < -0.3 is 10.2 Å². The van der Waals surface area contributed by atoms with E-state index in [0.29, 0.717) is 11.3 Å². The molecular weight excluding hydrogens is 290 g/mol. The minimum atomic E-state index is -0.413. The minimum absolute atomic E-state index is 0.0172. The highest BCUT2D eigenvalue weighted by Crippen LogP contribution is 2.29. The molecule has 0 saturated carbocycles. The maximum absolute atomic E-state index is 12.0. The highest BCUT2D eigenvalue weighted by Gasteiger charge is 2.21. The highest BCUT2D eigenvalue weighted by molar-refractivity contribution is 7.99. The summed E-state index contributed by atoms with van der Waals surface area (Å²) in [6, 6.07) is 4.72. The molecule has 1 aliphatic rings. The van der Waals surface area contributed by atoms with Crippen LogP contribution in [0.5, 0.6) is 0 Å². The molecule has 0 aromatic heterocycles. The van der Waals surface area contributed by atoms with E-state index in [4.69, 9.17) is 0 Å². The maximum atomic E-state index is 12.0. The van der Waals surface area contributed by atoms with Crippen molar-refractivity contribution in [1.29, 1.82) is 0 Å². The van der Waals surface area contributed by atoms with Crippen LogP contribution in [0, 0.1) is 10.1 Å². The SMILES string of the molecule is CN(C)C(=O)c1ccc([N+](=O)[O-])c(NC2CCSCC2)c1. The maximum Gasteiger partial charge on any atom is 0.292 e. The molecule has 6 nitrogen and oxygen atoms in total. The number of amides is 1. The van der Waals surface area contributed by atoms with Crippen molar-refractivity contribution >= 4 is 29.0 Å². The topological polar surface area (TPSA) is 75.5 Å². The first-order valence-electron chi connectivity index (χ1n) is 6.83. The Morgan fingerprint density at radius 3 is 2.62 bits per heavy atom. The summed E-state index contributed by atoms with van der Waals surface area (Å²) in [5.74, 6) is 1.95. The van der Waals surface area contributed by atoms with Crippen LogP contribution in [-0.4, -0.2) is 47.4 Å². The van der Waals surface area contributed by atoms with Gasteiger partial charge in [-0.05, 0) is 36.5 Å². The normalized spacial score (nSPS) is 15.5. The van der Waals surface area contributed by atoms with E-state index in [-0.39, 0.29) is 17.6 Å². The fourth-order valence-corrected chi connectivity index (χ4v) is 3.37. The predicted octanol–water partition coefficient (Wildman–Crippen LogP) is 2.60. The molecule has 1 aromatic carbocycles. The zero-order chi connectivity index (χ0) is 15.4. The Morgan fingerprint density at radius 1 is 1.38 bits per heavy atom. The molecule has 1 saturated heterocycles. The Hall–Kier alpha value is -1.76. The Balaban J connectivity index is 2.28. The van der Waals surface area contributed by atoms with Gasteiger partial charge in [-0.15, -0.1) is 0 Å². The fraction of sp³-hybridized carbons (Fsp3) is 0.500. The van der Waals surface area contributed by atoms with Gasteiger partial charge in [0.05, 0.1) is 4.92 Å². The molecule has 0 bridgehead atoms. The van der Waals surface area contributed by atoms with Gasteiger partial charge in [-0.1, -0.05) is 0 Å². The first-order valence-corrected chi connectivity index (χ1v) is 7.99. The number of rotatable bonds is 4. The van der Waals surface area contributed by atoms with Crippen molar-refractivity contribution in [3.63, 3.8) is 0 Å². The average molecular weight is 309 g/mol. The van der Waals surface area contributed by atoms with Crippen LogP contribution in [-0.2, 0) is 0 Å². The third kappa shape index (κ3) is 3.87. The lowest BCUT2D eigenvalue weighted by atomic mass is 10.1. The van der Waals surface area contributed by atoms with Gasteiger partial charge in [0.25, 0.3) is 11.6 Å². The second-order valence-corrected chi connectivity index (χ2v) is 6.44. The van der Waals surface area contributed by atoms with Gasteiger partial charge in [0.2, 0.25) is 0 Å². The number of thioether (sulfide) groups is 1. The van der Waals surface area contributed by atoms with Crippen LogP contribution in [0.25, 0.3) is 0 Å². The van der Waals surface area contributed by atoms with Crippen LogP contribution < -0.4 is 5.32 Å². The molecule has 1 amide bonds. The molecule has 114 valence electrons. The lowest BCUT2D eigenvalue weighted by Crippen LogP contribution is -2.26. The van der Waals surface area contributed by atoms with Gasteiger partial charge in [-0.25, -0.2) is 0 Å². The van der Waals surface area contributed by atoms with Gasteiger partial charge in [0, 0.05) is 31.8 Å². The Bertz CT molecular complexity index is 542. The quantitative estimate of drug-likeness (QED) is 0.683. The Morgan fingerprint density at radius 2 is 2.05 bits per heavy atom. The first kappa shape index (κ1) is 15.6. The van der Waals surface area contributed by atoms with Crippen molar-refractivity contribution in [3.8, 4) is 0 Å².